The summed E-state index contributed by atoms with van der Waals surface area (Å²) in [6, 6.07) is 7.91. The van der Waals surface area contributed by atoms with Crippen molar-refractivity contribution in [2.45, 2.75) is 32.9 Å². The molecular weight excluding hydrogens is 509 g/mol. The SMILES string of the molecule is Cc1c(Oc2ncc(C(F)(F)F)c(C)c2-c2cc(=O)c3c(N4CCCC4=O)cccc3[nH]2)ccc(F)c1F. The number of carbonyl (C=O) groups is 1. The zero-order chi connectivity index (χ0) is 27.4. The molecule has 0 aliphatic carbocycles. The molecule has 2 aromatic carbocycles. The number of anilines is 1. The van der Waals surface area contributed by atoms with Crippen LogP contribution in [-0.4, -0.2) is 22.4 Å². The molecule has 0 unspecified atom stereocenters. The maximum absolute atomic E-state index is 14.1. The van der Waals surface area contributed by atoms with E-state index in [9.17, 15) is 31.5 Å². The quantitative estimate of drug-likeness (QED) is 0.310. The van der Waals surface area contributed by atoms with Crippen molar-refractivity contribution >= 4 is 22.5 Å². The van der Waals surface area contributed by atoms with Crippen molar-refractivity contribution in [1.29, 1.82) is 0 Å². The molecule has 1 saturated heterocycles. The lowest BCUT2D eigenvalue weighted by molar-refractivity contribution is -0.138. The summed E-state index contributed by atoms with van der Waals surface area (Å²) < 4.78 is 74.8. The molecule has 0 radical (unpaired) electrons. The van der Waals surface area contributed by atoms with Gasteiger partial charge in [-0.25, -0.2) is 13.8 Å². The predicted octanol–water partition coefficient (Wildman–Crippen LogP) is 6.42. The van der Waals surface area contributed by atoms with Gasteiger partial charge < -0.3 is 14.6 Å². The second-order valence-electron chi connectivity index (χ2n) is 8.96. The van der Waals surface area contributed by atoms with Gasteiger partial charge in [-0.15, -0.1) is 0 Å². The highest BCUT2D eigenvalue weighted by Gasteiger charge is 2.35. The summed E-state index contributed by atoms with van der Waals surface area (Å²) in [5.41, 5.74) is -1.59. The van der Waals surface area contributed by atoms with E-state index in [1.54, 1.807) is 18.2 Å². The van der Waals surface area contributed by atoms with Gasteiger partial charge in [-0.1, -0.05) is 6.07 Å². The van der Waals surface area contributed by atoms with E-state index in [1.807, 2.05) is 0 Å². The van der Waals surface area contributed by atoms with Crippen LogP contribution in [-0.2, 0) is 11.0 Å². The number of halogens is 5. The van der Waals surface area contributed by atoms with E-state index in [-0.39, 0.29) is 50.8 Å². The minimum atomic E-state index is -4.76. The topological polar surface area (TPSA) is 75.3 Å². The van der Waals surface area contributed by atoms with E-state index in [0.29, 0.717) is 31.3 Å². The fraction of sp³-hybridized carbons (Fsp3) is 0.222. The molecule has 3 heterocycles. The Morgan fingerprint density at radius 1 is 1.05 bits per heavy atom. The zero-order valence-corrected chi connectivity index (χ0v) is 20.2. The third-order valence-corrected chi connectivity index (χ3v) is 6.57. The second-order valence-corrected chi connectivity index (χ2v) is 8.96. The Labute approximate surface area is 212 Å². The van der Waals surface area contributed by atoms with Crippen LogP contribution in [0.5, 0.6) is 11.6 Å². The van der Waals surface area contributed by atoms with E-state index in [4.69, 9.17) is 4.74 Å². The van der Waals surface area contributed by atoms with Crippen molar-refractivity contribution in [2.75, 3.05) is 11.4 Å². The number of fused-ring (bicyclic) bond motifs is 1. The lowest BCUT2D eigenvalue weighted by Gasteiger charge is -2.20. The zero-order valence-electron chi connectivity index (χ0n) is 20.2. The summed E-state index contributed by atoms with van der Waals surface area (Å²) in [5.74, 6) is -2.91. The highest BCUT2D eigenvalue weighted by Crippen LogP contribution is 2.41. The van der Waals surface area contributed by atoms with Gasteiger partial charge in [0.1, 0.15) is 5.75 Å². The highest BCUT2D eigenvalue weighted by atomic mass is 19.4. The first-order chi connectivity index (χ1) is 18.0. The summed E-state index contributed by atoms with van der Waals surface area (Å²) in [4.78, 5) is 34.0. The van der Waals surface area contributed by atoms with Crippen LogP contribution in [0.15, 0.2) is 47.4 Å². The van der Waals surface area contributed by atoms with Gasteiger partial charge in [0.05, 0.1) is 33.4 Å². The molecule has 1 aliphatic heterocycles. The van der Waals surface area contributed by atoms with Crippen LogP contribution in [0.3, 0.4) is 0 Å². The Morgan fingerprint density at radius 2 is 1.82 bits per heavy atom. The number of H-pyrrole nitrogens is 1. The molecule has 1 N–H and O–H groups in total. The molecule has 4 aromatic rings. The van der Waals surface area contributed by atoms with Crippen LogP contribution in [0, 0.1) is 25.5 Å². The van der Waals surface area contributed by atoms with Gasteiger partial charge >= 0.3 is 6.18 Å². The van der Waals surface area contributed by atoms with Crippen molar-refractivity contribution in [3.8, 4) is 22.9 Å². The second kappa shape index (κ2) is 9.23. The van der Waals surface area contributed by atoms with E-state index in [2.05, 4.69) is 9.97 Å². The monoisotopic (exact) mass is 529 g/mol. The normalized spacial score (nSPS) is 14.0. The summed E-state index contributed by atoms with van der Waals surface area (Å²) in [6.07, 6.45) is -3.18. The maximum atomic E-state index is 14.1. The fourth-order valence-corrected chi connectivity index (χ4v) is 4.66. The molecule has 5 rings (SSSR count). The number of hydrogen-bond donors (Lipinski definition) is 1. The number of aromatic amines is 1. The van der Waals surface area contributed by atoms with Gasteiger partial charge in [-0.2, -0.15) is 13.2 Å². The molecule has 0 bridgehead atoms. The molecule has 196 valence electrons. The lowest BCUT2D eigenvalue weighted by Crippen LogP contribution is -2.25. The Balaban J connectivity index is 1.73. The van der Waals surface area contributed by atoms with Crippen LogP contribution < -0.4 is 15.1 Å². The summed E-state index contributed by atoms with van der Waals surface area (Å²) in [5, 5.41) is 0.211. The summed E-state index contributed by atoms with van der Waals surface area (Å²) in [7, 11) is 0. The van der Waals surface area contributed by atoms with E-state index < -0.39 is 28.8 Å². The molecule has 0 atom stereocenters. The van der Waals surface area contributed by atoms with Crippen molar-refractivity contribution in [3.05, 3.63) is 81.1 Å². The molecule has 0 saturated carbocycles. The van der Waals surface area contributed by atoms with Crippen molar-refractivity contribution in [3.63, 3.8) is 0 Å². The number of aromatic nitrogens is 2. The number of rotatable bonds is 4. The number of nitrogens with one attached hydrogen (secondary N) is 1. The Morgan fingerprint density at radius 3 is 2.50 bits per heavy atom. The van der Waals surface area contributed by atoms with Crippen LogP contribution in [0.2, 0.25) is 0 Å². The minimum Gasteiger partial charge on any atom is -0.438 e. The third-order valence-electron chi connectivity index (χ3n) is 6.57. The molecule has 38 heavy (non-hydrogen) atoms. The van der Waals surface area contributed by atoms with E-state index >= 15 is 0 Å². The first-order valence-corrected chi connectivity index (χ1v) is 11.6. The van der Waals surface area contributed by atoms with E-state index in [0.717, 1.165) is 18.2 Å². The Hall–Kier alpha value is -4.28. The van der Waals surface area contributed by atoms with Crippen LogP contribution in [0.25, 0.3) is 22.2 Å². The number of amides is 1. The fourth-order valence-electron chi connectivity index (χ4n) is 4.66. The van der Waals surface area contributed by atoms with Crippen molar-refractivity contribution in [1.82, 2.24) is 9.97 Å². The smallest absolute Gasteiger partial charge is 0.418 e. The molecule has 0 spiro atoms. The first kappa shape index (κ1) is 25.4. The maximum Gasteiger partial charge on any atom is 0.418 e. The predicted molar refractivity (Wildman–Crippen MR) is 130 cm³/mol. The molecule has 11 heteroatoms. The summed E-state index contributed by atoms with van der Waals surface area (Å²) >= 11 is 0. The van der Waals surface area contributed by atoms with E-state index in [1.165, 1.54) is 18.7 Å². The molecule has 1 aliphatic rings. The lowest BCUT2D eigenvalue weighted by atomic mass is 10.0. The standard InChI is InChI=1S/C27H20F5N3O3/c1-13-15(27(30,31)32)12-33-26(38-21-9-8-16(28)25(29)14(21)2)23(13)18-11-20(36)24-17(34-18)5-3-6-19(24)35-10-4-7-22(35)37/h3,5-6,8-9,11-12H,4,7,10H2,1-2H3,(H,34,36). The number of carbonyl (C=O) groups excluding carboxylic acids is 1. The Kier molecular flexibility index (Phi) is 6.16. The molecule has 2 aromatic heterocycles. The van der Waals surface area contributed by atoms with Gasteiger partial charge in [0.15, 0.2) is 17.1 Å². The first-order valence-electron chi connectivity index (χ1n) is 11.6. The molecular formula is C27H20F5N3O3. The highest BCUT2D eigenvalue weighted by molar-refractivity contribution is 6.04. The molecule has 1 fully saturated rings. The average Bonchev–Trinajstić information content (AvgIpc) is 3.28. The average molecular weight is 529 g/mol. The number of benzene rings is 2. The third kappa shape index (κ3) is 4.27. The van der Waals surface area contributed by atoms with Crippen molar-refractivity contribution < 1.29 is 31.5 Å². The number of ether oxygens (including phenoxy) is 1. The number of pyridine rings is 2. The Bertz CT molecular complexity index is 1660. The van der Waals surface area contributed by atoms with Gasteiger partial charge in [0, 0.05) is 30.8 Å². The van der Waals surface area contributed by atoms with Gasteiger partial charge in [0.25, 0.3) is 0 Å². The van der Waals surface area contributed by atoms with Crippen LogP contribution >= 0.6 is 0 Å². The minimum absolute atomic E-state index is 0.0289. The van der Waals surface area contributed by atoms with Gasteiger partial charge in [-0.3, -0.25) is 9.59 Å². The van der Waals surface area contributed by atoms with Crippen LogP contribution in [0.1, 0.15) is 29.5 Å². The number of alkyl halides is 3. The van der Waals surface area contributed by atoms with Gasteiger partial charge in [-0.05, 0) is 50.1 Å². The molecule has 6 nitrogen and oxygen atoms in total. The van der Waals surface area contributed by atoms with Gasteiger partial charge in [0.2, 0.25) is 11.8 Å². The number of hydrogen-bond acceptors (Lipinski definition) is 4. The summed E-state index contributed by atoms with van der Waals surface area (Å²) in [6.45, 7) is 2.90. The molecule has 1 amide bonds. The largest absolute Gasteiger partial charge is 0.438 e. The number of nitrogens with zero attached hydrogens (tertiary/aromatic N) is 2. The van der Waals surface area contributed by atoms with Crippen LogP contribution in [0.4, 0.5) is 27.6 Å². The van der Waals surface area contributed by atoms with Crippen molar-refractivity contribution in [2.24, 2.45) is 0 Å².